The van der Waals surface area contributed by atoms with Crippen molar-refractivity contribution in [1.82, 2.24) is 15.0 Å². The van der Waals surface area contributed by atoms with Gasteiger partial charge in [0.25, 0.3) is 0 Å². The van der Waals surface area contributed by atoms with E-state index in [0.29, 0.717) is 23.4 Å². The average Bonchev–Trinajstić information content (AvgIpc) is 3.26. The zero-order valence-corrected chi connectivity index (χ0v) is 13.8. The van der Waals surface area contributed by atoms with Gasteiger partial charge in [-0.15, -0.1) is 5.10 Å². The number of carbonyl (C=O) groups is 2. The molecule has 0 aliphatic carbocycles. The number of likely N-dealkylation sites (N-methyl/N-ethyl adjacent to an activating group) is 1. The molecule has 130 valence electrons. The van der Waals surface area contributed by atoms with E-state index in [9.17, 15) is 14.0 Å². The van der Waals surface area contributed by atoms with Crippen LogP contribution in [0.4, 0.5) is 20.6 Å². The van der Waals surface area contributed by atoms with Crippen LogP contribution in [0.25, 0.3) is 0 Å². The van der Waals surface area contributed by atoms with E-state index in [0.717, 1.165) is 0 Å². The van der Waals surface area contributed by atoms with Crippen LogP contribution in [0.5, 0.6) is 0 Å². The SMILES string of the molecule is Cc1c(N2CC(Cn3ccnn3)OC2=O)cc(F)c2c1CC(=O)N2C. The smallest absolute Gasteiger partial charge is 0.414 e. The van der Waals surface area contributed by atoms with Gasteiger partial charge < -0.3 is 9.64 Å². The van der Waals surface area contributed by atoms with Crippen LogP contribution in [-0.4, -0.2) is 46.7 Å². The summed E-state index contributed by atoms with van der Waals surface area (Å²) in [4.78, 5) is 26.9. The first-order valence-corrected chi connectivity index (χ1v) is 7.86. The number of ether oxygens (including phenoxy) is 1. The summed E-state index contributed by atoms with van der Waals surface area (Å²) in [6.07, 6.45) is 2.41. The van der Waals surface area contributed by atoms with Gasteiger partial charge in [0.15, 0.2) is 0 Å². The maximum absolute atomic E-state index is 14.5. The molecule has 1 aromatic carbocycles. The number of amides is 2. The van der Waals surface area contributed by atoms with Crippen LogP contribution in [0.1, 0.15) is 11.1 Å². The Labute approximate surface area is 142 Å². The molecule has 2 aliphatic heterocycles. The van der Waals surface area contributed by atoms with Crippen LogP contribution >= 0.6 is 0 Å². The molecule has 2 aromatic rings. The molecule has 9 heteroatoms. The van der Waals surface area contributed by atoms with Gasteiger partial charge in [-0.1, -0.05) is 5.21 Å². The van der Waals surface area contributed by atoms with E-state index in [4.69, 9.17) is 4.74 Å². The summed E-state index contributed by atoms with van der Waals surface area (Å²) in [7, 11) is 1.55. The number of halogens is 1. The van der Waals surface area contributed by atoms with Gasteiger partial charge in [0, 0.05) is 19.3 Å². The second-order valence-electron chi connectivity index (χ2n) is 6.20. The van der Waals surface area contributed by atoms with Gasteiger partial charge in [0.05, 0.1) is 37.1 Å². The highest BCUT2D eigenvalue weighted by Gasteiger charge is 2.37. The van der Waals surface area contributed by atoms with E-state index in [2.05, 4.69) is 10.3 Å². The van der Waals surface area contributed by atoms with Crippen LogP contribution in [0.3, 0.4) is 0 Å². The van der Waals surface area contributed by atoms with Gasteiger partial charge in [-0.25, -0.2) is 13.9 Å². The van der Waals surface area contributed by atoms with E-state index in [1.165, 1.54) is 15.9 Å². The molecule has 0 N–H and O–H groups in total. The highest BCUT2D eigenvalue weighted by molar-refractivity contribution is 6.03. The van der Waals surface area contributed by atoms with Gasteiger partial charge >= 0.3 is 6.09 Å². The summed E-state index contributed by atoms with van der Waals surface area (Å²) in [5.41, 5.74) is 2.06. The molecule has 2 aliphatic rings. The molecule has 0 bridgehead atoms. The normalized spacial score (nSPS) is 19.6. The molecule has 25 heavy (non-hydrogen) atoms. The number of nitrogens with zero attached hydrogens (tertiary/aromatic N) is 5. The van der Waals surface area contributed by atoms with Crippen LogP contribution < -0.4 is 9.80 Å². The lowest BCUT2D eigenvalue weighted by Crippen LogP contribution is -2.27. The van der Waals surface area contributed by atoms with E-state index in [1.807, 2.05) is 0 Å². The summed E-state index contributed by atoms with van der Waals surface area (Å²) in [6.45, 7) is 2.44. The molecule has 1 aromatic heterocycles. The third-order valence-corrected chi connectivity index (χ3v) is 4.68. The zero-order valence-electron chi connectivity index (χ0n) is 13.8. The molecule has 8 nitrogen and oxygen atoms in total. The van der Waals surface area contributed by atoms with Crippen LogP contribution in [0.15, 0.2) is 18.5 Å². The van der Waals surface area contributed by atoms with Crippen molar-refractivity contribution in [2.24, 2.45) is 0 Å². The molecule has 0 spiro atoms. The lowest BCUT2D eigenvalue weighted by atomic mass is 10.0. The third-order valence-electron chi connectivity index (χ3n) is 4.68. The van der Waals surface area contributed by atoms with Crippen molar-refractivity contribution in [3.63, 3.8) is 0 Å². The van der Waals surface area contributed by atoms with Crippen molar-refractivity contribution in [3.8, 4) is 0 Å². The molecule has 1 unspecified atom stereocenters. The number of benzene rings is 1. The zero-order chi connectivity index (χ0) is 17.7. The standard InChI is InChI=1S/C16H16FN5O3/c1-9-11-5-14(23)20(2)15(11)12(17)6-13(9)22-8-10(25-16(22)24)7-21-4-3-18-19-21/h3-4,6,10H,5,7-8H2,1-2H3. The van der Waals surface area contributed by atoms with E-state index in [1.54, 1.807) is 31.0 Å². The van der Waals surface area contributed by atoms with Gasteiger partial charge in [0.1, 0.15) is 11.9 Å². The quantitative estimate of drug-likeness (QED) is 0.837. The number of carbonyl (C=O) groups excluding carboxylic acids is 2. The number of aromatic nitrogens is 3. The summed E-state index contributed by atoms with van der Waals surface area (Å²) in [5.74, 6) is -0.682. The first-order chi connectivity index (χ1) is 12.0. The first-order valence-electron chi connectivity index (χ1n) is 7.86. The minimum absolute atomic E-state index is 0.133. The largest absolute Gasteiger partial charge is 0.442 e. The van der Waals surface area contributed by atoms with Gasteiger partial charge in [-0.05, 0) is 18.1 Å². The van der Waals surface area contributed by atoms with E-state index >= 15 is 0 Å². The number of hydrogen-bond acceptors (Lipinski definition) is 5. The number of fused-ring (bicyclic) bond motifs is 1. The third kappa shape index (κ3) is 2.43. The lowest BCUT2D eigenvalue weighted by molar-refractivity contribution is -0.117. The highest BCUT2D eigenvalue weighted by Crippen LogP contribution is 2.39. The highest BCUT2D eigenvalue weighted by atomic mass is 19.1. The van der Waals surface area contributed by atoms with E-state index < -0.39 is 18.0 Å². The van der Waals surface area contributed by atoms with Crippen LogP contribution in [0.2, 0.25) is 0 Å². The predicted octanol–water partition coefficient (Wildman–Crippen LogP) is 1.27. The van der Waals surface area contributed by atoms with Crippen molar-refractivity contribution in [2.45, 2.75) is 26.0 Å². The van der Waals surface area contributed by atoms with Gasteiger partial charge in [0.2, 0.25) is 5.91 Å². The van der Waals surface area contributed by atoms with Gasteiger partial charge in [-0.2, -0.15) is 0 Å². The van der Waals surface area contributed by atoms with E-state index in [-0.39, 0.29) is 24.6 Å². The van der Waals surface area contributed by atoms with Crippen molar-refractivity contribution < 1.29 is 18.7 Å². The number of anilines is 2. The van der Waals surface area contributed by atoms with Crippen molar-refractivity contribution in [1.29, 1.82) is 0 Å². The Balaban J connectivity index is 1.64. The Morgan fingerprint density at radius 2 is 2.20 bits per heavy atom. The maximum atomic E-state index is 14.5. The molecular weight excluding hydrogens is 329 g/mol. The Morgan fingerprint density at radius 3 is 2.92 bits per heavy atom. The van der Waals surface area contributed by atoms with Crippen molar-refractivity contribution >= 4 is 23.4 Å². The Bertz CT molecular complexity index is 867. The molecule has 4 rings (SSSR count). The molecule has 1 fully saturated rings. The molecule has 0 saturated carbocycles. The molecule has 1 atom stereocenters. The topological polar surface area (TPSA) is 80.6 Å². The minimum Gasteiger partial charge on any atom is -0.442 e. The number of cyclic esters (lactones) is 1. The molecule has 1 saturated heterocycles. The lowest BCUT2D eigenvalue weighted by Gasteiger charge is -2.20. The fraction of sp³-hybridized carbons (Fsp3) is 0.375. The second kappa shape index (κ2) is 5.54. The first kappa shape index (κ1) is 15.6. The second-order valence-corrected chi connectivity index (χ2v) is 6.20. The van der Waals surface area contributed by atoms with Crippen molar-refractivity contribution in [2.75, 3.05) is 23.4 Å². The van der Waals surface area contributed by atoms with Crippen molar-refractivity contribution in [3.05, 3.63) is 35.4 Å². The van der Waals surface area contributed by atoms with Gasteiger partial charge in [-0.3, -0.25) is 9.69 Å². The average molecular weight is 345 g/mol. The molecule has 0 radical (unpaired) electrons. The maximum Gasteiger partial charge on any atom is 0.414 e. The Morgan fingerprint density at radius 1 is 1.40 bits per heavy atom. The predicted molar refractivity (Wildman–Crippen MR) is 85.9 cm³/mol. The number of rotatable bonds is 3. The fourth-order valence-electron chi connectivity index (χ4n) is 3.38. The Kier molecular flexibility index (Phi) is 3.45. The molecule has 2 amide bonds. The summed E-state index contributed by atoms with van der Waals surface area (Å²) < 4.78 is 21.5. The van der Waals surface area contributed by atoms with Crippen LogP contribution in [0, 0.1) is 12.7 Å². The summed E-state index contributed by atoms with van der Waals surface area (Å²) in [5, 5.41) is 7.56. The Hall–Kier alpha value is -2.97. The summed E-state index contributed by atoms with van der Waals surface area (Å²) >= 11 is 0. The molecule has 3 heterocycles. The monoisotopic (exact) mass is 345 g/mol. The fourth-order valence-corrected chi connectivity index (χ4v) is 3.38. The molecular formula is C16H16FN5O3. The number of hydrogen-bond donors (Lipinski definition) is 0. The minimum atomic E-state index is -0.537. The van der Waals surface area contributed by atoms with Crippen LogP contribution in [-0.2, 0) is 22.5 Å². The summed E-state index contributed by atoms with van der Waals surface area (Å²) in [6, 6.07) is 1.29.